The number of ether oxygens (including phenoxy) is 1. The topological polar surface area (TPSA) is 114 Å². The van der Waals surface area contributed by atoms with Crippen LogP contribution in [0.3, 0.4) is 0 Å². The van der Waals surface area contributed by atoms with E-state index in [4.69, 9.17) is 14.7 Å². The molecule has 0 saturated heterocycles. The molecular formula is C10H14N2O6S. The first-order valence-corrected chi connectivity index (χ1v) is 7.00. The summed E-state index contributed by atoms with van der Waals surface area (Å²) in [6, 6.07) is 0. The van der Waals surface area contributed by atoms with Gasteiger partial charge in [-0.1, -0.05) is 0 Å². The summed E-state index contributed by atoms with van der Waals surface area (Å²) in [7, 11) is -2.13. The molecule has 1 aliphatic carbocycles. The molecule has 1 rings (SSSR count). The Bertz CT molecular complexity index is 546. The third-order valence-electron chi connectivity index (χ3n) is 1.94. The zero-order chi connectivity index (χ0) is 14.5. The van der Waals surface area contributed by atoms with Crippen LogP contribution in [-0.4, -0.2) is 45.2 Å². The van der Waals surface area contributed by atoms with Gasteiger partial charge in [0.1, 0.15) is 5.76 Å². The predicted octanol–water partition coefficient (Wildman–Crippen LogP) is -0.189. The van der Waals surface area contributed by atoms with Gasteiger partial charge in [-0.2, -0.15) is 4.40 Å². The standard InChI is InChI=1S/C10H14N2O6S/c1-17-11-8-5-7(12-19(2,15)16)3-4-9(8)18-6-10(13)14/h3-4,11H,5-6H2,1-2H3,(H,13,14). The molecule has 0 unspecified atom stereocenters. The molecule has 0 heterocycles. The fourth-order valence-corrected chi connectivity index (χ4v) is 1.91. The Morgan fingerprint density at radius 3 is 2.74 bits per heavy atom. The van der Waals surface area contributed by atoms with E-state index in [2.05, 4.69) is 9.88 Å². The smallest absolute Gasteiger partial charge is 0.341 e. The van der Waals surface area contributed by atoms with Crippen molar-refractivity contribution in [1.82, 2.24) is 5.48 Å². The lowest BCUT2D eigenvalue weighted by Crippen LogP contribution is -2.21. The number of carboxylic acids is 1. The highest BCUT2D eigenvalue weighted by molar-refractivity contribution is 7.89. The molecule has 2 N–H and O–H groups in total. The van der Waals surface area contributed by atoms with Gasteiger partial charge in [0.2, 0.25) is 10.0 Å². The van der Waals surface area contributed by atoms with Crippen LogP contribution in [0.25, 0.3) is 0 Å². The SMILES string of the molecule is CONC1=C(OCC(=O)O)C=CC(=NS(C)(=O)=O)C1. The van der Waals surface area contributed by atoms with E-state index in [9.17, 15) is 13.2 Å². The summed E-state index contributed by atoms with van der Waals surface area (Å²) in [5, 5.41) is 8.54. The molecule has 0 aromatic rings. The lowest BCUT2D eigenvalue weighted by Gasteiger charge is -2.17. The highest BCUT2D eigenvalue weighted by Gasteiger charge is 2.16. The van der Waals surface area contributed by atoms with Crippen LogP contribution < -0.4 is 5.48 Å². The van der Waals surface area contributed by atoms with Gasteiger partial charge in [-0.3, -0.25) is 10.3 Å². The van der Waals surface area contributed by atoms with E-state index in [0.717, 1.165) is 6.26 Å². The molecule has 19 heavy (non-hydrogen) atoms. The van der Waals surface area contributed by atoms with E-state index in [0.29, 0.717) is 11.4 Å². The Hall–Kier alpha value is -1.87. The van der Waals surface area contributed by atoms with Crippen LogP contribution in [-0.2, 0) is 24.4 Å². The van der Waals surface area contributed by atoms with E-state index in [1.54, 1.807) is 0 Å². The lowest BCUT2D eigenvalue weighted by atomic mass is 10.1. The van der Waals surface area contributed by atoms with Gasteiger partial charge in [-0.15, -0.1) is 0 Å². The number of hydrogen-bond acceptors (Lipinski definition) is 6. The van der Waals surface area contributed by atoms with Crippen molar-refractivity contribution in [2.75, 3.05) is 20.0 Å². The van der Waals surface area contributed by atoms with Gasteiger partial charge in [0.15, 0.2) is 6.61 Å². The summed E-state index contributed by atoms with van der Waals surface area (Å²) in [5.74, 6) is -0.857. The number of nitrogens with one attached hydrogen (secondary N) is 1. The highest BCUT2D eigenvalue weighted by atomic mass is 32.2. The number of hydrogen-bond donors (Lipinski definition) is 2. The molecule has 106 valence electrons. The van der Waals surface area contributed by atoms with Gasteiger partial charge in [0.05, 0.1) is 24.8 Å². The van der Waals surface area contributed by atoms with Crippen LogP contribution in [0.1, 0.15) is 6.42 Å². The molecule has 0 aliphatic heterocycles. The molecular weight excluding hydrogens is 276 g/mol. The van der Waals surface area contributed by atoms with E-state index in [1.165, 1.54) is 19.3 Å². The molecule has 8 nitrogen and oxygen atoms in total. The maximum absolute atomic E-state index is 11.1. The number of carbonyl (C=O) groups is 1. The van der Waals surface area contributed by atoms with Gasteiger partial charge >= 0.3 is 5.97 Å². The summed E-state index contributed by atoms with van der Waals surface area (Å²) in [6.45, 7) is -0.507. The van der Waals surface area contributed by atoms with Crippen molar-refractivity contribution in [3.8, 4) is 0 Å². The van der Waals surface area contributed by atoms with Gasteiger partial charge in [0, 0.05) is 6.42 Å². The number of nitrogens with zero attached hydrogens (tertiary/aromatic N) is 1. The van der Waals surface area contributed by atoms with Crippen LogP contribution in [0.5, 0.6) is 0 Å². The van der Waals surface area contributed by atoms with Crippen LogP contribution >= 0.6 is 0 Å². The largest absolute Gasteiger partial charge is 0.480 e. The molecule has 0 radical (unpaired) electrons. The minimum atomic E-state index is -3.49. The molecule has 0 atom stereocenters. The van der Waals surface area contributed by atoms with Crippen molar-refractivity contribution < 1.29 is 27.9 Å². The zero-order valence-corrected chi connectivity index (χ0v) is 11.2. The summed E-state index contributed by atoms with van der Waals surface area (Å²) in [4.78, 5) is 15.2. The van der Waals surface area contributed by atoms with Crippen molar-refractivity contribution in [3.63, 3.8) is 0 Å². The number of allylic oxidation sites excluding steroid dienone is 3. The van der Waals surface area contributed by atoms with Crippen molar-refractivity contribution in [2.45, 2.75) is 6.42 Å². The minimum Gasteiger partial charge on any atom is -0.480 e. The van der Waals surface area contributed by atoms with Crippen molar-refractivity contribution in [2.24, 2.45) is 4.40 Å². The molecule has 9 heteroatoms. The first kappa shape index (κ1) is 15.2. The van der Waals surface area contributed by atoms with Gasteiger partial charge in [0.25, 0.3) is 0 Å². The van der Waals surface area contributed by atoms with E-state index >= 15 is 0 Å². The average Bonchev–Trinajstić information content (AvgIpc) is 2.26. The number of hydroxylamine groups is 1. The van der Waals surface area contributed by atoms with E-state index in [-0.39, 0.29) is 12.2 Å². The van der Waals surface area contributed by atoms with Gasteiger partial charge < -0.3 is 9.84 Å². The molecule has 1 aliphatic rings. The number of sulfonamides is 1. The maximum atomic E-state index is 11.1. The number of rotatable bonds is 6. The van der Waals surface area contributed by atoms with E-state index < -0.39 is 22.6 Å². The average molecular weight is 290 g/mol. The van der Waals surface area contributed by atoms with E-state index in [1.807, 2.05) is 0 Å². The second-order valence-electron chi connectivity index (χ2n) is 3.66. The molecule has 0 spiro atoms. The third-order valence-corrected chi connectivity index (χ3v) is 2.51. The molecule has 0 amide bonds. The van der Waals surface area contributed by atoms with Crippen molar-refractivity contribution in [1.29, 1.82) is 0 Å². The van der Waals surface area contributed by atoms with Crippen LogP contribution in [0, 0.1) is 0 Å². The summed E-state index contributed by atoms with van der Waals surface area (Å²) in [6.07, 6.45) is 3.99. The first-order valence-electron chi connectivity index (χ1n) is 5.15. The highest BCUT2D eigenvalue weighted by Crippen LogP contribution is 2.17. The lowest BCUT2D eigenvalue weighted by molar-refractivity contribution is -0.140. The predicted molar refractivity (Wildman–Crippen MR) is 66.8 cm³/mol. The van der Waals surface area contributed by atoms with Crippen molar-refractivity contribution >= 4 is 21.7 Å². The Balaban J connectivity index is 2.91. The number of aliphatic carboxylic acids is 1. The molecule has 0 aromatic carbocycles. The second-order valence-corrected chi connectivity index (χ2v) is 5.31. The third kappa shape index (κ3) is 5.53. The summed E-state index contributed by atoms with van der Waals surface area (Å²) < 4.78 is 30.7. The normalized spacial score (nSPS) is 17.7. The Labute approximate surface area is 110 Å². The molecule has 0 aromatic heterocycles. The minimum absolute atomic E-state index is 0.131. The van der Waals surface area contributed by atoms with Crippen molar-refractivity contribution in [3.05, 3.63) is 23.6 Å². The van der Waals surface area contributed by atoms with Crippen LogP contribution in [0.2, 0.25) is 0 Å². The Morgan fingerprint density at radius 2 is 2.21 bits per heavy atom. The quantitative estimate of drug-likeness (QED) is 0.651. The van der Waals surface area contributed by atoms with Crippen LogP contribution in [0.4, 0.5) is 0 Å². The first-order chi connectivity index (χ1) is 8.81. The Morgan fingerprint density at radius 1 is 1.53 bits per heavy atom. The molecule has 0 bridgehead atoms. The maximum Gasteiger partial charge on any atom is 0.341 e. The molecule has 0 saturated carbocycles. The van der Waals surface area contributed by atoms with Crippen LogP contribution in [0.15, 0.2) is 28.0 Å². The number of carboxylic acid groups (broad SMARTS) is 1. The van der Waals surface area contributed by atoms with Gasteiger partial charge in [-0.05, 0) is 12.2 Å². The zero-order valence-electron chi connectivity index (χ0n) is 10.4. The second kappa shape index (κ2) is 6.34. The fraction of sp³-hybridized carbons (Fsp3) is 0.400. The monoisotopic (exact) mass is 290 g/mol. The Kier molecular flexibility index (Phi) is 5.07. The molecule has 0 fully saturated rings. The summed E-state index contributed by atoms with van der Waals surface area (Å²) in [5.41, 5.74) is 3.20. The van der Waals surface area contributed by atoms with Gasteiger partial charge in [-0.25, -0.2) is 13.2 Å². The summed E-state index contributed by atoms with van der Waals surface area (Å²) >= 11 is 0. The fourth-order valence-electron chi connectivity index (χ4n) is 1.36.